The SMILES string of the molecule is COc1cccc(F)c1-c1cn(SF)c2nc(Cl)ccc12. The van der Waals surface area contributed by atoms with Gasteiger partial charge < -0.3 is 4.74 Å². The van der Waals surface area contributed by atoms with Gasteiger partial charge in [-0.3, -0.25) is 0 Å². The van der Waals surface area contributed by atoms with Crippen LogP contribution < -0.4 is 4.74 Å². The molecular formula is C14H9ClF2N2OS. The smallest absolute Gasteiger partial charge is 0.171 e. The molecule has 21 heavy (non-hydrogen) atoms. The molecule has 0 N–H and O–H groups in total. The summed E-state index contributed by atoms with van der Waals surface area (Å²) in [5, 5.41) is 0.830. The number of ether oxygens (including phenoxy) is 1. The fraction of sp³-hybridized carbons (Fsp3) is 0.0714. The molecule has 0 atom stereocenters. The zero-order chi connectivity index (χ0) is 15.0. The first-order valence-electron chi connectivity index (χ1n) is 5.95. The molecule has 0 aliphatic carbocycles. The van der Waals surface area contributed by atoms with Crippen molar-refractivity contribution in [3.8, 4) is 16.9 Å². The summed E-state index contributed by atoms with van der Waals surface area (Å²) in [6, 6.07) is 7.78. The molecular weight excluding hydrogens is 318 g/mol. The van der Waals surface area contributed by atoms with Gasteiger partial charge in [0.25, 0.3) is 0 Å². The van der Waals surface area contributed by atoms with Crippen molar-refractivity contribution in [3.63, 3.8) is 0 Å². The highest BCUT2D eigenvalue weighted by Gasteiger charge is 2.19. The Labute approximate surface area is 128 Å². The van der Waals surface area contributed by atoms with E-state index in [1.54, 1.807) is 24.3 Å². The fourth-order valence-corrected chi connectivity index (χ4v) is 2.73. The first-order chi connectivity index (χ1) is 10.2. The highest BCUT2D eigenvalue weighted by molar-refractivity contribution is 7.92. The van der Waals surface area contributed by atoms with E-state index in [0.29, 0.717) is 22.3 Å². The van der Waals surface area contributed by atoms with Gasteiger partial charge in [-0.15, -0.1) is 3.89 Å². The Hall–Kier alpha value is -1.79. The van der Waals surface area contributed by atoms with Crippen LogP contribution in [-0.2, 0) is 0 Å². The third-order valence-electron chi connectivity index (χ3n) is 3.13. The fourth-order valence-electron chi connectivity index (χ4n) is 2.24. The second kappa shape index (κ2) is 5.54. The molecule has 3 nitrogen and oxygen atoms in total. The van der Waals surface area contributed by atoms with Crippen molar-refractivity contribution in [1.82, 2.24) is 8.96 Å². The van der Waals surface area contributed by atoms with E-state index in [-0.39, 0.29) is 23.1 Å². The van der Waals surface area contributed by atoms with Gasteiger partial charge in [0.2, 0.25) is 0 Å². The maximum atomic E-state index is 14.2. The predicted molar refractivity (Wildman–Crippen MR) is 80.8 cm³/mol. The Morgan fingerprint density at radius 1 is 1.29 bits per heavy atom. The van der Waals surface area contributed by atoms with Crippen LogP contribution in [0.4, 0.5) is 8.28 Å². The second-order valence-electron chi connectivity index (χ2n) is 4.26. The second-order valence-corrected chi connectivity index (χ2v) is 5.18. The molecule has 2 aromatic heterocycles. The number of nitrogens with zero attached hydrogens (tertiary/aromatic N) is 2. The highest BCUT2D eigenvalue weighted by Crippen LogP contribution is 2.39. The van der Waals surface area contributed by atoms with Crippen molar-refractivity contribution in [1.29, 1.82) is 0 Å². The standard InChI is InChI=1S/C14H9ClF2N2OS/c1-20-11-4-2-3-10(16)13(11)9-7-19(21-17)14-8(9)5-6-12(15)18-14/h2-7H,1H3. The molecule has 0 radical (unpaired) electrons. The number of hydrogen-bond donors (Lipinski definition) is 0. The Morgan fingerprint density at radius 3 is 2.81 bits per heavy atom. The first kappa shape index (κ1) is 14.2. The van der Waals surface area contributed by atoms with Gasteiger partial charge in [0, 0.05) is 17.1 Å². The van der Waals surface area contributed by atoms with Gasteiger partial charge in [-0.05, 0) is 24.3 Å². The number of pyridine rings is 1. The lowest BCUT2D eigenvalue weighted by atomic mass is 10.0. The number of methoxy groups -OCH3 is 1. The van der Waals surface area contributed by atoms with Crippen LogP contribution in [0.1, 0.15) is 0 Å². The number of benzene rings is 1. The summed E-state index contributed by atoms with van der Waals surface area (Å²) in [6.07, 6.45) is 1.47. The molecule has 0 amide bonds. The summed E-state index contributed by atoms with van der Waals surface area (Å²) in [5.74, 6) is -0.0833. The lowest BCUT2D eigenvalue weighted by Crippen LogP contribution is -1.90. The molecule has 0 spiro atoms. The largest absolute Gasteiger partial charge is 0.496 e. The van der Waals surface area contributed by atoms with Gasteiger partial charge in [0.15, 0.2) is 18.0 Å². The summed E-state index contributed by atoms with van der Waals surface area (Å²) in [6.45, 7) is 0. The summed E-state index contributed by atoms with van der Waals surface area (Å²) >= 11 is 5.81. The van der Waals surface area contributed by atoms with Crippen LogP contribution >= 0.6 is 23.9 Å². The topological polar surface area (TPSA) is 27.1 Å². The van der Waals surface area contributed by atoms with Gasteiger partial charge in [-0.25, -0.2) is 13.3 Å². The minimum atomic E-state index is -0.452. The minimum Gasteiger partial charge on any atom is -0.496 e. The van der Waals surface area contributed by atoms with Gasteiger partial charge in [-0.2, -0.15) is 0 Å². The van der Waals surface area contributed by atoms with Crippen LogP contribution in [0.2, 0.25) is 5.15 Å². The van der Waals surface area contributed by atoms with E-state index < -0.39 is 5.82 Å². The Bertz CT molecular complexity index is 822. The van der Waals surface area contributed by atoms with E-state index >= 15 is 0 Å². The third-order valence-corrected chi connectivity index (χ3v) is 3.76. The van der Waals surface area contributed by atoms with Crippen LogP contribution in [-0.4, -0.2) is 16.1 Å². The van der Waals surface area contributed by atoms with Gasteiger partial charge in [0.05, 0.1) is 12.7 Å². The van der Waals surface area contributed by atoms with Crippen molar-refractivity contribution in [2.45, 2.75) is 0 Å². The molecule has 7 heteroatoms. The van der Waals surface area contributed by atoms with E-state index in [1.807, 2.05) is 0 Å². The van der Waals surface area contributed by atoms with Crippen molar-refractivity contribution < 1.29 is 13.0 Å². The maximum absolute atomic E-state index is 14.2. The summed E-state index contributed by atoms with van der Waals surface area (Å²) in [5.41, 5.74) is 1.09. The van der Waals surface area contributed by atoms with Gasteiger partial charge in [0.1, 0.15) is 16.7 Å². The molecule has 3 aromatic rings. The van der Waals surface area contributed by atoms with Crippen molar-refractivity contribution in [2.24, 2.45) is 0 Å². The number of rotatable bonds is 3. The lowest BCUT2D eigenvalue weighted by molar-refractivity contribution is 0.413. The molecule has 0 saturated carbocycles. The molecule has 0 aliphatic rings. The highest BCUT2D eigenvalue weighted by atomic mass is 35.5. The average molecular weight is 327 g/mol. The summed E-state index contributed by atoms with van der Waals surface area (Å²) < 4.78 is 33.7. The van der Waals surface area contributed by atoms with Crippen LogP contribution in [0.3, 0.4) is 0 Å². The van der Waals surface area contributed by atoms with Crippen LogP contribution in [0.15, 0.2) is 36.5 Å². The molecule has 0 fully saturated rings. The van der Waals surface area contributed by atoms with E-state index in [9.17, 15) is 8.28 Å². The molecule has 108 valence electrons. The lowest BCUT2D eigenvalue weighted by Gasteiger charge is -2.08. The normalized spacial score (nSPS) is 11.0. The molecule has 0 aliphatic heterocycles. The average Bonchev–Trinajstić information content (AvgIpc) is 2.84. The van der Waals surface area contributed by atoms with Crippen molar-refractivity contribution >= 4 is 35.0 Å². The van der Waals surface area contributed by atoms with E-state index in [4.69, 9.17) is 16.3 Å². The number of aromatic nitrogens is 2. The Balaban J connectivity index is 2.36. The first-order valence-corrected chi connectivity index (χ1v) is 7.00. The van der Waals surface area contributed by atoms with Crippen molar-refractivity contribution in [3.05, 3.63) is 47.5 Å². The number of halogens is 3. The number of hydrogen-bond acceptors (Lipinski definition) is 3. The summed E-state index contributed by atoms with van der Waals surface area (Å²) in [7, 11) is 1.45. The molecule has 1 aromatic carbocycles. The maximum Gasteiger partial charge on any atom is 0.171 e. The molecule has 0 unspecified atom stereocenters. The van der Waals surface area contributed by atoms with Gasteiger partial charge in [-0.1, -0.05) is 17.7 Å². The minimum absolute atomic E-state index is 0.0259. The molecule has 2 heterocycles. The Kier molecular flexibility index (Phi) is 3.73. The predicted octanol–water partition coefficient (Wildman–Crippen LogP) is 4.89. The third kappa shape index (κ3) is 2.34. The Morgan fingerprint density at radius 2 is 2.10 bits per heavy atom. The molecule has 0 saturated heterocycles. The van der Waals surface area contributed by atoms with Crippen LogP contribution in [0.25, 0.3) is 22.2 Å². The van der Waals surface area contributed by atoms with Crippen LogP contribution in [0, 0.1) is 5.82 Å². The quantitative estimate of drug-likeness (QED) is 0.641. The van der Waals surface area contributed by atoms with E-state index in [2.05, 4.69) is 4.98 Å². The van der Waals surface area contributed by atoms with E-state index in [1.165, 1.54) is 23.3 Å². The van der Waals surface area contributed by atoms with E-state index in [0.717, 1.165) is 0 Å². The zero-order valence-electron chi connectivity index (χ0n) is 10.8. The molecule has 0 bridgehead atoms. The van der Waals surface area contributed by atoms with Crippen molar-refractivity contribution in [2.75, 3.05) is 7.11 Å². The van der Waals surface area contributed by atoms with Gasteiger partial charge >= 0.3 is 0 Å². The monoisotopic (exact) mass is 326 g/mol. The molecule has 3 rings (SSSR count). The number of fused-ring (bicyclic) bond motifs is 1. The zero-order valence-corrected chi connectivity index (χ0v) is 12.4. The van der Waals surface area contributed by atoms with Crippen LogP contribution in [0.5, 0.6) is 5.75 Å². The summed E-state index contributed by atoms with van der Waals surface area (Å²) in [4.78, 5) is 4.08.